The molecule has 3 rings (SSSR count). The van der Waals surface area contributed by atoms with Crippen LogP contribution in [0.15, 0.2) is 30.5 Å². The first-order valence-corrected chi connectivity index (χ1v) is 10.9. The van der Waals surface area contributed by atoms with Crippen LogP contribution >= 0.6 is 11.6 Å². The zero-order valence-corrected chi connectivity index (χ0v) is 18.1. The van der Waals surface area contributed by atoms with Crippen LogP contribution in [0.5, 0.6) is 0 Å². The molecule has 1 atom stereocenters. The third-order valence-electron chi connectivity index (χ3n) is 5.41. The molecule has 0 saturated carbocycles. The Morgan fingerprint density at radius 1 is 1.33 bits per heavy atom. The Morgan fingerprint density at radius 3 is 2.97 bits per heavy atom. The SMILES string of the molecule is CCOC(=O)c1[nH]ncc1CN1CCC[C@H](CCC(=O)NCc2ccccc2Cl)C1. The number of likely N-dealkylation sites (tertiary alicyclic amines) is 1. The van der Waals surface area contributed by atoms with Crippen molar-refractivity contribution in [2.24, 2.45) is 5.92 Å². The molecule has 1 aliphatic heterocycles. The van der Waals surface area contributed by atoms with Crippen LogP contribution in [-0.4, -0.2) is 46.7 Å². The Kier molecular flexibility index (Phi) is 8.28. The Balaban J connectivity index is 1.44. The van der Waals surface area contributed by atoms with Gasteiger partial charge >= 0.3 is 5.97 Å². The van der Waals surface area contributed by atoms with Gasteiger partial charge in [-0.1, -0.05) is 29.8 Å². The molecule has 7 nitrogen and oxygen atoms in total. The molecule has 0 bridgehead atoms. The van der Waals surface area contributed by atoms with Crippen LogP contribution in [0.2, 0.25) is 5.02 Å². The summed E-state index contributed by atoms with van der Waals surface area (Å²) in [5.74, 6) is 0.142. The third-order valence-corrected chi connectivity index (χ3v) is 5.78. The standard InChI is InChI=1S/C22H29ClN4O3/c1-2-30-22(29)21-18(13-25-26-21)15-27-11-5-6-16(14-27)9-10-20(28)24-12-17-7-3-4-8-19(17)23/h3-4,7-8,13,16H,2,5-6,9-12,14-15H2,1H3,(H,24,28)(H,25,26)/t16-/m1/s1. The lowest BCUT2D eigenvalue weighted by atomic mass is 9.93. The van der Waals surface area contributed by atoms with E-state index in [9.17, 15) is 9.59 Å². The van der Waals surface area contributed by atoms with E-state index in [1.807, 2.05) is 24.3 Å². The summed E-state index contributed by atoms with van der Waals surface area (Å²) in [6, 6.07) is 7.54. The number of ether oxygens (including phenoxy) is 1. The maximum atomic E-state index is 12.3. The first-order valence-electron chi connectivity index (χ1n) is 10.5. The molecule has 162 valence electrons. The summed E-state index contributed by atoms with van der Waals surface area (Å²) < 4.78 is 5.08. The molecule has 0 spiro atoms. The van der Waals surface area contributed by atoms with Crippen LogP contribution in [0.1, 0.15) is 54.2 Å². The summed E-state index contributed by atoms with van der Waals surface area (Å²) in [6.07, 6.45) is 5.24. The van der Waals surface area contributed by atoms with E-state index in [4.69, 9.17) is 16.3 Å². The van der Waals surface area contributed by atoms with E-state index < -0.39 is 0 Å². The van der Waals surface area contributed by atoms with Gasteiger partial charge in [0, 0.05) is 36.6 Å². The maximum absolute atomic E-state index is 12.3. The number of benzene rings is 1. The highest BCUT2D eigenvalue weighted by Gasteiger charge is 2.23. The minimum atomic E-state index is -0.367. The van der Waals surface area contributed by atoms with Crippen molar-refractivity contribution in [3.63, 3.8) is 0 Å². The monoisotopic (exact) mass is 432 g/mol. The topological polar surface area (TPSA) is 87.3 Å². The number of H-pyrrole nitrogens is 1. The summed E-state index contributed by atoms with van der Waals surface area (Å²) in [6.45, 7) is 5.11. The lowest BCUT2D eigenvalue weighted by Crippen LogP contribution is -2.36. The number of esters is 1. The van der Waals surface area contributed by atoms with E-state index in [1.165, 1.54) is 0 Å². The molecule has 1 aromatic carbocycles. The van der Waals surface area contributed by atoms with Crippen molar-refractivity contribution < 1.29 is 14.3 Å². The number of carbonyl (C=O) groups is 2. The van der Waals surface area contributed by atoms with Gasteiger partial charge in [-0.25, -0.2) is 4.79 Å². The molecule has 0 unspecified atom stereocenters. The quantitative estimate of drug-likeness (QED) is 0.591. The Bertz CT molecular complexity index is 854. The van der Waals surface area contributed by atoms with Crippen LogP contribution in [0, 0.1) is 5.92 Å². The third kappa shape index (κ3) is 6.31. The van der Waals surface area contributed by atoms with Gasteiger partial charge in [0.25, 0.3) is 0 Å². The number of rotatable bonds is 9. The molecular weight excluding hydrogens is 404 g/mol. The van der Waals surface area contributed by atoms with E-state index in [1.54, 1.807) is 13.1 Å². The Labute approximate surface area is 182 Å². The van der Waals surface area contributed by atoms with Crippen molar-refractivity contribution in [2.75, 3.05) is 19.7 Å². The second kappa shape index (κ2) is 11.1. The smallest absolute Gasteiger partial charge is 0.356 e. The summed E-state index contributed by atoms with van der Waals surface area (Å²) >= 11 is 6.14. The van der Waals surface area contributed by atoms with Crippen LogP contribution in [0.25, 0.3) is 0 Å². The number of nitrogens with zero attached hydrogens (tertiary/aromatic N) is 2. The van der Waals surface area contributed by atoms with Crippen molar-refractivity contribution in [3.05, 3.63) is 52.3 Å². The first-order chi connectivity index (χ1) is 14.6. The van der Waals surface area contributed by atoms with Gasteiger partial charge in [-0.3, -0.25) is 14.8 Å². The van der Waals surface area contributed by atoms with Gasteiger partial charge in [0.05, 0.1) is 12.8 Å². The molecule has 0 radical (unpaired) electrons. The summed E-state index contributed by atoms with van der Waals surface area (Å²) in [4.78, 5) is 26.6. The predicted molar refractivity (Wildman–Crippen MR) is 115 cm³/mol. The molecule has 30 heavy (non-hydrogen) atoms. The van der Waals surface area contributed by atoms with Gasteiger partial charge in [-0.15, -0.1) is 0 Å². The van der Waals surface area contributed by atoms with Gasteiger partial charge < -0.3 is 10.1 Å². The average Bonchev–Trinajstić information content (AvgIpc) is 3.20. The van der Waals surface area contributed by atoms with E-state index >= 15 is 0 Å². The zero-order chi connectivity index (χ0) is 21.3. The van der Waals surface area contributed by atoms with Gasteiger partial charge in [-0.05, 0) is 50.3 Å². The fourth-order valence-corrected chi connectivity index (χ4v) is 4.04. The molecule has 2 aromatic rings. The second-order valence-corrected chi connectivity index (χ2v) is 8.05. The molecule has 2 heterocycles. The molecule has 1 aromatic heterocycles. The Hall–Kier alpha value is -2.38. The molecule has 1 saturated heterocycles. The predicted octanol–water partition coefficient (Wildman–Crippen LogP) is 3.55. The van der Waals surface area contributed by atoms with Crippen molar-refractivity contribution in [2.45, 2.75) is 45.7 Å². The van der Waals surface area contributed by atoms with Gasteiger partial charge in [0.15, 0.2) is 0 Å². The van der Waals surface area contributed by atoms with Gasteiger partial charge in [-0.2, -0.15) is 5.10 Å². The number of aromatic amines is 1. The lowest BCUT2D eigenvalue weighted by molar-refractivity contribution is -0.121. The minimum absolute atomic E-state index is 0.0477. The number of aromatic nitrogens is 2. The molecule has 1 amide bonds. The molecule has 8 heteroatoms. The molecule has 1 aliphatic rings. The van der Waals surface area contributed by atoms with Crippen molar-refractivity contribution >= 4 is 23.5 Å². The zero-order valence-electron chi connectivity index (χ0n) is 17.3. The van der Waals surface area contributed by atoms with E-state index in [2.05, 4.69) is 20.4 Å². The first kappa shape index (κ1) is 22.3. The minimum Gasteiger partial charge on any atom is -0.461 e. The van der Waals surface area contributed by atoms with E-state index in [-0.39, 0.29) is 11.9 Å². The molecular formula is C22H29ClN4O3. The highest BCUT2D eigenvalue weighted by atomic mass is 35.5. The number of hydrogen-bond acceptors (Lipinski definition) is 5. The second-order valence-electron chi connectivity index (χ2n) is 7.64. The Morgan fingerprint density at radius 2 is 2.17 bits per heavy atom. The largest absolute Gasteiger partial charge is 0.461 e. The summed E-state index contributed by atoms with van der Waals surface area (Å²) in [7, 11) is 0. The lowest BCUT2D eigenvalue weighted by Gasteiger charge is -2.32. The van der Waals surface area contributed by atoms with Crippen molar-refractivity contribution in [3.8, 4) is 0 Å². The fraction of sp³-hybridized carbons (Fsp3) is 0.500. The fourth-order valence-electron chi connectivity index (χ4n) is 3.84. The summed E-state index contributed by atoms with van der Waals surface area (Å²) in [5, 5.41) is 10.4. The molecule has 2 N–H and O–H groups in total. The van der Waals surface area contributed by atoms with E-state index in [0.29, 0.717) is 42.8 Å². The van der Waals surface area contributed by atoms with E-state index in [0.717, 1.165) is 43.5 Å². The average molecular weight is 433 g/mol. The number of amides is 1. The molecule has 1 fully saturated rings. The van der Waals surface area contributed by atoms with Crippen molar-refractivity contribution in [1.82, 2.24) is 20.4 Å². The highest BCUT2D eigenvalue weighted by Crippen LogP contribution is 2.23. The number of carbonyl (C=O) groups excluding carboxylic acids is 2. The van der Waals surface area contributed by atoms with Crippen LogP contribution in [-0.2, 0) is 22.6 Å². The van der Waals surface area contributed by atoms with Gasteiger partial charge in [0.1, 0.15) is 5.69 Å². The van der Waals surface area contributed by atoms with Crippen molar-refractivity contribution in [1.29, 1.82) is 0 Å². The molecule has 0 aliphatic carbocycles. The number of nitrogens with one attached hydrogen (secondary N) is 2. The van der Waals surface area contributed by atoms with Gasteiger partial charge in [0.2, 0.25) is 5.91 Å². The number of piperidine rings is 1. The normalized spacial score (nSPS) is 16.9. The number of halogens is 1. The maximum Gasteiger partial charge on any atom is 0.356 e. The van der Waals surface area contributed by atoms with Crippen LogP contribution < -0.4 is 5.32 Å². The van der Waals surface area contributed by atoms with Crippen LogP contribution in [0.4, 0.5) is 0 Å². The van der Waals surface area contributed by atoms with Crippen LogP contribution in [0.3, 0.4) is 0 Å². The summed E-state index contributed by atoms with van der Waals surface area (Å²) in [5.41, 5.74) is 2.21. The highest BCUT2D eigenvalue weighted by molar-refractivity contribution is 6.31. The number of hydrogen-bond donors (Lipinski definition) is 2.